The molecule has 0 bridgehead atoms. The summed E-state index contributed by atoms with van der Waals surface area (Å²) in [6.07, 6.45) is -5.51. The van der Waals surface area contributed by atoms with E-state index in [-0.39, 0.29) is 24.6 Å². The molecule has 0 aliphatic heterocycles. The van der Waals surface area contributed by atoms with Crippen LogP contribution in [0.4, 0.5) is 18.0 Å². The summed E-state index contributed by atoms with van der Waals surface area (Å²) in [5.41, 5.74) is 2.27. The highest BCUT2D eigenvalue weighted by molar-refractivity contribution is 5.88. The number of carbonyl (C=O) groups is 2. The summed E-state index contributed by atoms with van der Waals surface area (Å²) in [7, 11) is 0. The lowest BCUT2D eigenvalue weighted by atomic mass is 9.98. The number of hydrogen-bond donors (Lipinski definition) is 2. The van der Waals surface area contributed by atoms with Crippen LogP contribution >= 0.6 is 0 Å². The van der Waals surface area contributed by atoms with Crippen LogP contribution in [-0.2, 0) is 10.9 Å². The molecule has 0 saturated heterocycles. The number of carboxylic acids is 1. The molecule has 1 aliphatic carbocycles. The van der Waals surface area contributed by atoms with E-state index in [1.165, 1.54) is 0 Å². The summed E-state index contributed by atoms with van der Waals surface area (Å²) >= 11 is 0. The van der Waals surface area contributed by atoms with Gasteiger partial charge in [-0.1, -0.05) is 60.4 Å². The highest BCUT2D eigenvalue weighted by Gasteiger charge is 2.34. The van der Waals surface area contributed by atoms with Crippen LogP contribution in [0.3, 0.4) is 0 Å². The Bertz CT molecular complexity index is 1280. The maximum absolute atomic E-state index is 13.2. The fourth-order valence-corrected chi connectivity index (χ4v) is 3.93. The average molecular weight is 465 g/mol. The van der Waals surface area contributed by atoms with E-state index >= 15 is 0 Å². The fourth-order valence-electron chi connectivity index (χ4n) is 3.93. The van der Waals surface area contributed by atoms with Gasteiger partial charge in [0.15, 0.2) is 0 Å². The molecule has 0 spiro atoms. The van der Waals surface area contributed by atoms with Gasteiger partial charge in [-0.15, -0.1) is 0 Å². The van der Waals surface area contributed by atoms with Crippen molar-refractivity contribution in [2.45, 2.75) is 12.1 Å². The number of halogens is 3. The molecule has 1 amide bonds. The molecule has 0 fully saturated rings. The largest absolute Gasteiger partial charge is 0.478 e. The molecule has 3 aromatic rings. The van der Waals surface area contributed by atoms with Crippen molar-refractivity contribution in [1.82, 2.24) is 5.32 Å². The predicted molar refractivity (Wildman–Crippen MR) is 118 cm³/mol. The standard InChI is InChI=1S/C26H18F3NO4/c27-26(28,29)23-14-17(24(31)32)12-11-16(23)6-5-13-30-25(33)34-15-22-20-9-3-1-7-18(20)19-8-2-4-10-21(19)22/h1-4,7-12,14,22H,13,15H2,(H,30,33)(H,31,32). The number of rotatable bonds is 4. The maximum Gasteiger partial charge on any atom is 0.417 e. The van der Waals surface area contributed by atoms with Crippen LogP contribution in [0, 0.1) is 11.8 Å². The lowest BCUT2D eigenvalue weighted by molar-refractivity contribution is -0.137. The predicted octanol–water partition coefficient (Wildman–Crippen LogP) is 5.29. The van der Waals surface area contributed by atoms with Gasteiger partial charge in [-0.3, -0.25) is 0 Å². The second kappa shape index (κ2) is 9.32. The lowest BCUT2D eigenvalue weighted by Gasteiger charge is -2.14. The zero-order chi connectivity index (χ0) is 24.3. The molecular formula is C26H18F3NO4. The SMILES string of the molecule is O=C(NCC#Cc1ccc(C(=O)O)cc1C(F)(F)F)OCC1c2ccccc2-c2ccccc21. The molecule has 2 N–H and O–H groups in total. The van der Waals surface area contributed by atoms with E-state index in [2.05, 4.69) is 17.2 Å². The first-order valence-electron chi connectivity index (χ1n) is 10.3. The highest BCUT2D eigenvalue weighted by Crippen LogP contribution is 2.44. The normalized spacial score (nSPS) is 12.2. The monoisotopic (exact) mass is 465 g/mol. The number of amides is 1. The van der Waals surface area contributed by atoms with Crippen LogP contribution in [0.1, 0.15) is 38.5 Å². The summed E-state index contributed by atoms with van der Waals surface area (Å²) in [6.45, 7) is -0.142. The molecule has 5 nitrogen and oxygen atoms in total. The molecule has 4 rings (SSSR count). The summed E-state index contributed by atoms with van der Waals surface area (Å²) in [4.78, 5) is 23.1. The number of alkyl halides is 3. The van der Waals surface area contributed by atoms with Gasteiger partial charge in [-0.2, -0.15) is 13.2 Å². The van der Waals surface area contributed by atoms with E-state index in [1.54, 1.807) is 0 Å². The number of ether oxygens (including phenoxy) is 1. The topological polar surface area (TPSA) is 75.6 Å². The Labute approximate surface area is 193 Å². The molecule has 1 aliphatic rings. The van der Waals surface area contributed by atoms with E-state index < -0.39 is 29.4 Å². The van der Waals surface area contributed by atoms with Crippen molar-refractivity contribution >= 4 is 12.1 Å². The first-order valence-corrected chi connectivity index (χ1v) is 10.3. The summed E-state index contributed by atoms with van der Waals surface area (Å²) in [5.74, 6) is 3.19. The van der Waals surface area contributed by atoms with Crippen LogP contribution in [0.15, 0.2) is 66.7 Å². The van der Waals surface area contributed by atoms with Crippen LogP contribution in [-0.4, -0.2) is 30.3 Å². The van der Waals surface area contributed by atoms with Gasteiger partial charge in [0.05, 0.1) is 17.7 Å². The zero-order valence-electron chi connectivity index (χ0n) is 17.6. The van der Waals surface area contributed by atoms with Crippen LogP contribution in [0.25, 0.3) is 11.1 Å². The lowest BCUT2D eigenvalue weighted by Crippen LogP contribution is -2.26. The van der Waals surface area contributed by atoms with Crippen molar-refractivity contribution in [2.24, 2.45) is 0 Å². The molecule has 0 saturated carbocycles. The van der Waals surface area contributed by atoms with Gasteiger partial charge in [-0.25, -0.2) is 9.59 Å². The Hall–Kier alpha value is -4.25. The van der Waals surface area contributed by atoms with Gasteiger partial charge in [0.1, 0.15) is 6.61 Å². The molecular weight excluding hydrogens is 447 g/mol. The van der Waals surface area contributed by atoms with E-state index in [9.17, 15) is 22.8 Å². The van der Waals surface area contributed by atoms with Crippen LogP contribution < -0.4 is 5.32 Å². The van der Waals surface area contributed by atoms with Crippen LogP contribution in [0.2, 0.25) is 0 Å². The minimum atomic E-state index is -4.77. The van der Waals surface area contributed by atoms with E-state index in [0.29, 0.717) is 6.07 Å². The number of nitrogens with one attached hydrogen (secondary N) is 1. The van der Waals surface area contributed by atoms with E-state index in [1.807, 2.05) is 48.5 Å². The zero-order valence-corrected chi connectivity index (χ0v) is 17.6. The fraction of sp³-hybridized carbons (Fsp3) is 0.154. The van der Waals surface area contributed by atoms with E-state index in [4.69, 9.17) is 9.84 Å². The summed E-state index contributed by atoms with van der Waals surface area (Å²) in [5, 5.41) is 11.3. The minimum Gasteiger partial charge on any atom is -0.478 e. The molecule has 0 heterocycles. The maximum atomic E-state index is 13.2. The Morgan fingerprint density at radius 3 is 2.18 bits per heavy atom. The van der Waals surface area contributed by atoms with Crippen molar-refractivity contribution in [3.05, 3.63) is 94.5 Å². The van der Waals surface area contributed by atoms with Gasteiger partial charge < -0.3 is 15.2 Å². The molecule has 172 valence electrons. The average Bonchev–Trinajstić information content (AvgIpc) is 3.13. The Morgan fingerprint density at radius 1 is 0.971 bits per heavy atom. The third kappa shape index (κ3) is 4.74. The van der Waals surface area contributed by atoms with Crippen molar-refractivity contribution in [3.63, 3.8) is 0 Å². The Morgan fingerprint density at radius 2 is 1.59 bits per heavy atom. The third-order valence-electron chi connectivity index (χ3n) is 5.46. The van der Waals surface area contributed by atoms with Gasteiger partial charge in [0.2, 0.25) is 0 Å². The Balaban J connectivity index is 1.38. The highest BCUT2D eigenvalue weighted by atomic mass is 19.4. The second-order valence-corrected chi connectivity index (χ2v) is 7.54. The first kappa shape index (κ1) is 22.9. The number of hydrogen-bond acceptors (Lipinski definition) is 3. The van der Waals surface area contributed by atoms with Gasteiger partial charge in [0.25, 0.3) is 0 Å². The summed E-state index contributed by atoms with van der Waals surface area (Å²) in [6, 6.07) is 18.3. The molecule has 3 aromatic carbocycles. The van der Waals surface area contributed by atoms with E-state index in [0.717, 1.165) is 34.4 Å². The second-order valence-electron chi connectivity index (χ2n) is 7.54. The number of alkyl carbamates (subject to hydrolysis) is 1. The first-order chi connectivity index (χ1) is 16.3. The molecule has 34 heavy (non-hydrogen) atoms. The van der Waals surface area contributed by atoms with Crippen molar-refractivity contribution in [1.29, 1.82) is 0 Å². The Kier molecular flexibility index (Phi) is 6.28. The molecule has 0 atom stereocenters. The van der Waals surface area contributed by atoms with Crippen molar-refractivity contribution in [2.75, 3.05) is 13.2 Å². The molecule has 8 heteroatoms. The number of fused-ring (bicyclic) bond motifs is 3. The third-order valence-corrected chi connectivity index (χ3v) is 5.46. The summed E-state index contributed by atoms with van der Waals surface area (Å²) < 4.78 is 45.1. The number of benzene rings is 3. The smallest absolute Gasteiger partial charge is 0.417 e. The van der Waals surface area contributed by atoms with Crippen molar-refractivity contribution < 1.29 is 32.6 Å². The van der Waals surface area contributed by atoms with Gasteiger partial charge in [-0.05, 0) is 40.5 Å². The van der Waals surface area contributed by atoms with Crippen molar-refractivity contribution in [3.8, 4) is 23.0 Å². The molecule has 0 aromatic heterocycles. The number of aromatic carboxylic acids is 1. The quantitative estimate of drug-likeness (QED) is 0.513. The van der Waals surface area contributed by atoms with Crippen LogP contribution in [0.5, 0.6) is 0 Å². The number of carboxylic acid groups (broad SMARTS) is 1. The minimum absolute atomic E-state index is 0.0994. The number of carbonyl (C=O) groups excluding carboxylic acids is 1. The van der Waals surface area contributed by atoms with Gasteiger partial charge >= 0.3 is 18.2 Å². The molecule has 0 radical (unpaired) electrons. The van der Waals surface area contributed by atoms with Gasteiger partial charge in [0, 0.05) is 11.5 Å². The molecule has 0 unspecified atom stereocenters.